The summed E-state index contributed by atoms with van der Waals surface area (Å²) in [6.45, 7) is 0. The lowest BCUT2D eigenvalue weighted by molar-refractivity contribution is 0.452. The lowest BCUT2D eigenvalue weighted by Crippen LogP contribution is -2.04. The van der Waals surface area contributed by atoms with Crippen molar-refractivity contribution in [1.29, 1.82) is 0 Å². The smallest absolute Gasteiger partial charge is 0.295 e. The monoisotopic (exact) mass is 320 g/mol. The van der Waals surface area contributed by atoms with Crippen molar-refractivity contribution >= 4 is 31.0 Å². The maximum absolute atomic E-state index is 11.3. The summed E-state index contributed by atoms with van der Waals surface area (Å²) >= 11 is 0. The maximum Gasteiger partial charge on any atom is 0.295 e. The highest BCUT2D eigenvalue weighted by atomic mass is 32.2. The fourth-order valence-corrected chi connectivity index (χ4v) is 3.14. The van der Waals surface area contributed by atoms with Gasteiger partial charge in [0.05, 0.1) is 4.90 Å². The Morgan fingerprint density at radius 3 is 1.90 bits per heavy atom. The highest BCUT2D eigenvalue weighted by molar-refractivity contribution is 7.86. The first kappa shape index (κ1) is 14.5. The number of hydrogen-bond acceptors (Lipinski definition) is 6. The predicted molar refractivity (Wildman–Crippen MR) is 66.9 cm³/mol. The summed E-state index contributed by atoms with van der Waals surface area (Å²) in [5.41, 5.74) is 0. The zero-order valence-electron chi connectivity index (χ0n) is 9.55. The summed E-state index contributed by atoms with van der Waals surface area (Å²) in [6.07, 6.45) is 0. The van der Waals surface area contributed by atoms with Crippen molar-refractivity contribution in [3.63, 3.8) is 0 Å². The van der Waals surface area contributed by atoms with E-state index in [2.05, 4.69) is 0 Å². The van der Waals surface area contributed by atoms with Gasteiger partial charge in [-0.2, -0.15) is 16.8 Å². The van der Waals surface area contributed by atoms with Crippen LogP contribution in [0, 0.1) is 0 Å². The van der Waals surface area contributed by atoms with Crippen LogP contribution in [0.1, 0.15) is 0 Å². The zero-order chi connectivity index (χ0) is 15.3. The average Bonchev–Trinajstić information content (AvgIpc) is 2.24. The van der Waals surface area contributed by atoms with Crippen LogP contribution in [-0.2, 0) is 20.2 Å². The minimum atomic E-state index is -4.86. The first-order valence-corrected chi connectivity index (χ1v) is 7.83. The molecule has 0 aromatic heterocycles. The van der Waals surface area contributed by atoms with Crippen molar-refractivity contribution in [3.05, 3.63) is 24.3 Å². The molecule has 0 fully saturated rings. The van der Waals surface area contributed by atoms with Crippen molar-refractivity contribution in [2.24, 2.45) is 0 Å². The molecule has 10 heteroatoms. The molecule has 2 aromatic carbocycles. The van der Waals surface area contributed by atoms with Gasteiger partial charge >= 0.3 is 0 Å². The second kappa shape index (κ2) is 4.31. The lowest BCUT2D eigenvalue weighted by atomic mass is 10.1. The normalized spacial score (nSPS) is 12.7. The summed E-state index contributed by atoms with van der Waals surface area (Å²) in [4.78, 5) is -1.71. The van der Waals surface area contributed by atoms with E-state index in [1.54, 1.807) is 0 Å². The van der Waals surface area contributed by atoms with Gasteiger partial charge in [0.1, 0.15) is 16.4 Å². The number of phenolic OH excluding ortho intramolecular Hbond substituents is 2. The molecule has 0 spiro atoms. The van der Waals surface area contributed by atoms with Gasteiger partial charge in [-0.15, -0.1) is 0 Å². The second-order valence-electron chi connectivity index (χ2n) is 3.93. The first-order valence-electron chi connectivity index (χ1n) is 4.95. The Morgan fingerprint density at radius 1 is 0.800 bits per heavy atom. The number of aromatic hydroxyl groups is 2. The van der Waals surface area contributed by atoms with Crippen molar-refractivity contribution in [2.75, 3.05) is 0 Å². The van der Waals surface area contributed by atoms with Crippen LogP contribution in [0.2, 0.25) is 0 Å². The molecule has 0 aliphatic carbocycles. The Labute approximate surface area is 113 Å². The molecule has 0 aliphatic heterocycles. The Balaban J connectivity index is 3.09. The number of hydrogen-bond donors (Lipinski definition) is 4. The van der Waals surface area contributed by atoms with Gasteiger partial charge in [0.15, 0.2) is 0 Å². The summed E-state index contributed by atoms with van der Waals surface area (Å²) < 4.78 is 62.7. The van der Waals surface area contributed by atoms with Crippen molar-refractivity contribution < 1.29 is 36.2 Å². The molecule has 0 radical (unpaired) electrons. The van der Waals surface area contributed by atoms with Crippen LogP contribution in [0.15, 0.2) is 34.1 Å². The summed E-state index contributed by atoms with van der Waals surface area (Å²) in [7, 11) is -9.61. The molecular weight excluding hydrogens is 312 g/mol. The van der Waals surface area contributed by atoms with E-state index in [1.165, 1.54) is 0 Å². The lowest BCUT2D eigenvalue weighted by Gasteiger charge is -2.09. The van der Waals surface area contributed by atoms with Crippen LogP contribution in [-0.4, -0.2) is 36.2 Å². The number of benzene rings is 2. The molecule has 0 bridgehead atoms. The summed E-state index contributed by atoms with van der Waals surface area (Å²) in [5.74, 6) is -1.13. The Hall–Kier alpha value is -1.88. The molecule has 0 atom stereocenters. The van der Waals surface area contributed by atoms with Crippen molar-refractivity contribution in [1.82, 2.24) is 0 Å². The molecule has 0 saturated heterocycles. The van der Waals surface area contributed by atoms with E-state index in [9.17, 15) is 27.0 Å². The van der Waals surface area contributed by atoms with Crippen molar-refractivity contribution in [3.8, 4) is 11.5 Å². The van der Waals surface area contributed by atoms with Crippen LogP contribution in [0.3, 0.4) is 0 Å². The van der Waals surface area contributed by atoms with Gasteiger partial charge in [-0.3, -0.25) is 9.11 Å². The fourth-order valence-electron chi connectivity index (χ4n) is 1.76. The quantitative estimate of drug-likeness (QED) is 0.592. The van der Waals surface area contributed by atoms with Crippen LogP contribution >= 0.6 is 0 Å². The Kier molecular flexibility index (Phi) is 3.13. The van der Waals surface area contributed by atoms with E-state index in [-0.39, 0.29) is 10.8 Å². The third kappa shape index (κ3) is 2.54. The average molecular weight is 320 g/mol. The van der Waals surface area contributed by atoms with Crippen LogP contribution in [0.5, 0.6) is 11.5 Å². The van der Waals surface area contributed by atoms with E-state index in [0.29, 0.717) is 6.07 Å². The van der Waals surface area contributed by atoms with E-state index in [4.69, 9.17) is 9.11 Å². The van der Waals surface area contributed by atoms with Gasteiger partial charge in [0.2, 0.25) is 0 Å². The highest BCUT2D eigenvalue weighted by Gasteiger charge is 2.22. The first-order chi connectivity index (χ1) is 9.00. The van der Waals surface area contributed by atoms with E-state index < -0.39 is 41.5 Å². The number of fused-ring (bicyclic) bond motifs is 1. The SMILES string of the molecule is O=S(=O)(O)c1cc(S(=O)(=O)O)c2c(O)cc(O)cc2c1. The third-order valence-corrected chi connectivity index (χ3v) is 4.24. The van der Waals surface area contributed by atoms with E-state index in [0.717, 1.165) is 18.2 Å². The van der Waals surface area contributed by atoms with Gasteiger partial charge < -0.3 is 10.2 Å². The van der Waals surface area contributed by atoms with Gasteiger partial charge in [0.25, 0.3) is 20.2 Å². The molecule has 0 heterocycles. The molecule has 20 heavy (non-hydrogen) atoms. The van der Waals surface area contributed by atoms with Gasteiger partial charge in [0, 0.05) is 11.5 Å². The zero-order valence-corrected chi connectivity index (χ0v) is 11.2. The summed E-state index contributed by atoms with van der Waals surface area (Å²) in [5, 5.41) is 18.4. The molecule has 108 valence electrons. The third-order valence-electron chi connectivity index (χ3n) is 2.53. The molecule has 2 rings (SSSR count). The number of phenols is 2. The van der Waals surface area contributed by atoms with E-state index in [1.807, 2.05) is 0 Å². The minimum Gasteiger partial charge on any atom is -0.508 e. The molecule has 4 N–H and O–H groups in total. The highest BCUT2D eigenvalue weighted by Crippen LogP contribution is 2.36. The Bertz CT molecular complexity index is 912. The molecule has 0 unspecified atom stereocenters. The second-order valence-corrected chi connectivity index (χ2v) is 6.75. The molecule has 0 amide bonds. The van der Waals surface area contributed by atoms with Gasteiger partial charge in [-0.25, -0.2) is 0 Å². The minimum absolute atomic E-state index is 0.190. The topological polar surface area (TPSA) is 149 Å². The molecule has 0 aliphatic rings. The number of rotatable bonds is 2. The van der Waals surface area contributed by atoms with Gasteiger partial charge in [-0.1, -0.05) is 0 Å². The molecular formula is C10H8O8S2. The molecule has 2 aromatic rings. The Morgan fingerprint density at radius 2 is 1.40 bits per heavy atom. The maximum atomic E-state index is 11.3. The standard InChI is InChI=1S/C10H8O8S2/c11-6-1-5-2-7(19(13,14)15)4-9(20(16,17)18)10(5)8(12)3-6/h1-4,11-12H,(H,13,14,15)(H,16,17,18). The predicted octanol–water partition coefficient (Wildman–Crippen LogP) is 0.744. The van der Waals surface area contributed by atoms with Crippen LogP contribution in [0.4, 0.5) is 0 Å². The summed E-state index contributed by atoms with van der Waals surface area (Å²) in [6, 6.07) is 3.14. The van der Waals surface area contributed by atoms with Crippen LogP contribution < -0.4 is 0 Å². The van der Waals surface area contributed by atoms with Gasteiger partial charge in [-0.05, 0) is 23.6 Å². The van der Waals surface area contributed by atoms with Crippen LogP contribution in [0.25, 0.3) is 10.8 Å². The molecule has 8 nitrogen and oxygen atoms in total. The van der Waals surface area contributed by atoms with Crippen molar-refractivity contribution in [2.45, 2.75) is 9.79 Å². The fraction of sp³-hybridized carbons (Fsp3) is 0. The molecule has 0 saturated carbocycles. The van der Waals surface area contributed by atoms with E-state index >= 15 is 0 Å². The largest absolute Gasteiger partial charge is 0.508 e.